The molecule has 3 atom stereocenters. The third kappa shape index (κ3) is 7.87. The highest BCUT2D eigenvalue weighted by atomic mass is 16.5. The number of amides is 1. The van der Waals surface area contributed by atoms with E-state index in [9.17, 15) is 24.0 Å². The van der Waals surface area contributed by atoms with Crippen LogP contribution in [0, 0.1) is 17.8 Å². The highest BCUT2D eigenvalue weighted by Gasteiger charge is 2.34. The number of aromatic amines is 1. The minimum Gasteiger partial charge on any atom is -0.494 e. The van der Waals surface area contributed by atoms with Crippen molar-refractivity contribution in [3.8, 4) is 5.75 Å². The summed E-state index contributed by atoms with van der Waals surface area (Å²) >= 11 is 0. The Bertz CT molecular complexity index is 1120. The molecular formula is C29H36N2O7. The molecule has 0 aliphatic carbocycles. The van der Waals surface area contributed by atoms with Gasteiger partial charge in [-0.1, -0.05) is 26.0 Å². The molecule has 9 heteroatoms. The first kappa shape index (κ1) is 28.8. The number of rotatable bonds is 6. The van der Waals surface area contributed by atoms with Gasteiger partial charge in [-0.2, -0.15) is 0 Å². The Morgan fingerprint density at radius 1 is 1.05 bits per heavy atom. The largest absolute Gasteiger partial charge is 0.494 e. The van der Waals surface area contributed by atoms with Crippen molar-refractivity contribution in [2.45, 2.75) is 58.4 Å². The third-order valence-electron chi connectivity index (χ3n) is 6.84. The molecule has 0 saturated carbocycles. The number of hydrogen-bond donors (Lipinski definition) is 2. The number of aromatic nitrogens is 1. The summed E-state index contributed by atoms with van der Waals surface area (Å²) in [6, 6.07) is 9.86. The predicted octanol–water partition coefficient (Wildman–Crippen LogP) is 3.47. The summed E-state index contributed by atoms with van der Waals surface area (Å²) in [5.74, 6) is -3.89. The average Bonchev–Trinajstić information content (AvgIpc) is 3.45. The van der Waals surface area contributed by atoms with E-state index in [1.54, 1.807) is 32.2 Å². The van der Waals surface area contributed by atoms with E-state index in [0.717, 1.165) is 12.7 Å². The van der Waals surface area contributed by atoms with Gasteiger partial charge in [0.15, 0.2) is 11.6 Å². The molecular weight excluding hydrogens is 488 g/mol. The number of Topliss-reactive ketones (excluding diaryl/α,β-unsaturated/α-hetero) is 3. The lowest BCUT2D eigenvalue weighted by atomic mass is 9.86. The number of carbonyl (C=O) groups is 5. The van der Waals surface area contributed by atoms with E-state index in [-0.39, 0.29) is 30.3 Å². The maximum atomic E-state index is 13.5. The zero-order valence-corrected chi connectivity index (χ0v) is 22.2. The average molecular weight is 525 g/mol. The third-order valence-corrected chi connectivity index (χ3v) is 6.84. The standard InChI is InChI=1S/C29H36N2O7/c1-18(2)26-25(33)16-20(27(34)29(36)37-3)7-4-5-14-38-22-11-9-19(10-12-22)15-21(28(35)31-26)17-24(32)23-8-6-13-30-23/h6,8-13,18,20-21,26,30H,4-5,7,14-17H2,1-3H3,(H,31,35)/t20-,21-,26+/m1/s1. The SMILES string of the molecule is COC(=O)C(=O)[C@@H]1CCCCOc2ccc(cc2)C[C@H](CC(=O)c2ccc[nH]2)C(=O)N[C@@H](C(C)C)C(=O)C1. The van der Waals surface area contributed by atoms with Gasteiger partial charge in [-0.3, -0.25) is 19.2 Å². The molecule has 1 amide bonds. The molecule has 0 radical (unpaired) electrons. The van der Waals surface area contributed by atoms with Crippen LogP contribution in [0.15, 0.2) is 42.6 Å². The van der Waals surface area contributed by atoms with Crippen molar-refractivity contribution in [2.75, 3.05) is 13.7 Å². The normalized spacial score (nSPS) is 21.3. The van der Waals surface area contributed by atoms with Crippen molar-refractivity contribution in [3.63, 3.8) is 0 Å². The molecule has 0 fully saturated rings. The summed E-state index contributed by atoms with van der Waals surface area (Å²) in [4.78, 5) is 67.3. The molecule has 1 aromatic heterocycles. The van der Waals surface area contributed by atoms with Crippen LogP contribution in [0.3, 0.4) is 0 Å². The van der Waals surface area contributed by atoms with Crippen LogP contribution in [0.1, 0.15) is 62.0 Å². The highest BCUT2D eigenvalue weighted by Crippen LogP contribution is 2.23. The number of ether oxygens (including phenoxy) is 2. The molecule has 9 nitrogen and oxygen atoms in total. The first-order chi connectivity index (χ1) is 18.2. The van der Waals surface area contributed by atoms with Crippen LogP contribution in [-0.2, 0) is 30.3 Å². The molecule has 2 aliphatic heterocycles. The van der Waals surface area contributed by atoms with Crippen LogP contribution in [0.2, 0.25) is 0 Å². The Morgan fingerprint density at radius 2 is 1.79 bits per heavy atom. The molecule has 2 bridgehead atoms. The topological polar surface area (TPSA) is 132 Å². The van der Waals surface area contributed by atoms with Gasteiger partial charge in [-0.25, -0.2) is 4.79 Å². The number of methoxy groups -OCH3 is 1. The number of carbonyl (C=O) groups excluding carboxylic acids is 5. The Hall–Kier alpha value is -3.75. The summed E-state index contributed by atoms with van der Waals surface area (Å²) in [5, 5.41) is 2.85. The number of benzene rings is 1. The van der Waals surface area contributed by atoms with Crippen LogP contribution in [0.5, 0.6) is 5.75 Å². The summed E-state index contributed by atoms with van der Waals surface area (Å²) in [5.41, 5.74) is 1.27. The molecule has 2 aliphatic rings. The van der Waals surface area contributed by atoms with Gasteiger partial charge < -0.3 is 19.8 Å². The lowest BCUT2D eigenvalue weighted by Crippen LogP contribution is -2.48. The molecule has 2 N–H and O–H groups in total. The maximum Gasteiger partial charge on any atom is 0.374 e. The second-order valence-electron chi connectivity index (χ2n) is 10.1. The Morgan fingerprint density at radius 3 is 2.42 bits per heavy atom. The first-order valence-electron chi connectivity index (χ1n) is 13.0. The van der Waals surface area contributed by atoms with E-state index in [1.165, 1.54) is 0 Å². The quantitative estimate of drug-likeness (QED) is 0.336. The van der Waals surface area contributed by atoms with Crippen LogP contribution >= 0.6 is 0 Å². The van der Waals surface area contributed by atoms with Gasteiger partial charge >= 0.3 is 5.97 Å². The van der Waals surface area contributed by atoms with E-state index < -0.39 is 35.5 Å². The molecule has 0 saturated heterocycles. The van der Waals surface area contributed by atoms with Gasteiger partial charge in [0.2, 0.25) is 11.7 Å². The first-order valence-corrected chi connectivity index (χ1v) is 13.0. The van der Waals surface area contributed by atoms with Crippen molar-refractivity contribution in [3.05, 3.63) is 53.9 Å². The van der Waals surface area contributed by atoms with Crippen molar-refractivity contribution in [1.29, 1.82) is 0 Å². The lowest BCUT2D eigenvalue weighted by Gasteiger charge is -2.26. The van der Waals surface area contributed by atoms with Gasteiger partial charge in [-0.15, -0.1) is 0 Å². The number of fused-ring (bicyclic) bond motifs is 14. The maximum absolute atomic E-state index is 13.5. The Labute approximate surface area is 222 Å². The number of hydrogen-bond acceptors (Lipinski definition) is 7. The molecule has 3 heterocycles. The molecule has 1 aromatic carbocycles. The number of ketones is 3. The van der Waals surface area contributed by atoms with E-state index in [2.05, 4.69) is 15.0 Å². The van der Waals surface area contributed by atoms with Crippen molar-refractivity contribution in [2.24, 2.45) is 17.8 Å². The molecule has 2 aromatic rings. The minimum absolute atomic E-state index is 0.0486. The number of esters is 1. The number of H-pyrrole nitrogens is 1. The highest BCUT2D eigenvalue weighted by molar-refractivity contribution is 6.34. The fourth-order valence-corrected chi connectivity index (χ4v) is 4.64. The second kappa shape index (κ2) is 13.7. The zero-order valence-electron chi connectivity index (χ0n) is 22.2. The van der Waals surface area contributed by atoms with E-state index in [4.69, 9.17) is 4.74 Å². The molecule has 0 spiro atoms. The Balaban J connectivity index is 1.90. The Kier molecular flexibility index (Phi) is 10.4. The van der Waals surface area contributed by atoms with Crippen molar-refractivity contribution in [1.82, 2.24) is 10.3 Å². The summed E-state index contributed by atoms with van der Waals surface area (Å²) in [6.07, 6.45) is 3.21. The van der Waals surface area contributed by atoms with Crippen LogP contribution in [-0.4, -0.2) is 54.0 Å². The van der Waals surface area contributed by atoms with Crippen LogP contribution in [0.25, 0.3) is 0 Å². The van der Waals surface area contributed by atoms with Crippen molar-refractivity contribution >= 4 is 29.2 Å². The van der Waals surface area contributed by atoms with Crippen LogP contribution < -0.4 is 10.1 Å². The summed E-state index contributed by atoms with van der Waals surface area (Å²) < 4.78 is 10.4. The monoisotopic (exact) mass is 524 g/mol. The van der Waals surface area contributed by atoms with Gasteiger partial charge in [0.05, 0.1) is 25.5 Å². The fourth-order valence-electron chi connectivity index (χ4n) is 4.64. The summed E-state index contributed by atoms with van der Waals surface area (Å²) in [6.45, 7) is 4.02. The van der Waals surface area contributed by atoms with Gasteiger partial charge in [0, 0.05) is 30.9 Å². The molecule has 4 rings (SSSR count). The molecule has 38 heavy (non-hydrogen) atoms. The van der Waals surface area contributed by atoms with Crippen molar-refractivity contribution < 1.29 is 33.4 Å². The van der Waals surface area contributed by atoms with E-state index in [1.807, 2.05) is 24.3 Å². The molecule has 0 unspecified atom stereocenters. The van der Waals surface area contributed by atoms with Gasteiger partial charge in [0.25, 0.3) is 0 Å². The predicted molar refractivity (Wildman–Crippen MR) is 140 cm³/mol. The smallest absolute Gasteiger partial charge is 0.374 e. The lowest BCUT2D eigenvalue weighted by molar-refractivity contribution is -0.154. The van der Waals surface area contributed by atoms with Gasteiger partial charge in [0.1, 0.15) is 5.75 Å². The van der Waals surface area contributed by atoms with Gasteiger partial charge in [-0.05, 0) is 61.4 Å². The zero-order chi connectivity index (χ0) is 27.7. The summed E-state index contributed by atoms with van der Waals surface area (Å²) in [7, 11) is 1.13. The van der Waals surface area contributed by atoms with Crippen LogP contribution in [0.4, 0.5) is 0 Å². The van der Waals surface area contributed by atoms with E-state index >= 15 is 0 Å². The number of nitrogens with one attached hydrogen (secondary N) is 2. The fraction of sp³-hybridized carbons (Fsp3) is 0.483. The van der Waals surface area contributed by atoms with E-state index in [0.29, 0.717) is 43.7 Å². The minimum atomic E-state index is -0.988. The molecule has 204 valence electrons. The second-order valence-corrected chi connectivity index (χ2v) is 10.1.